The molecular formula is C26H20F5N5O3. The number of morpholine rings is 1. The molecule has 0 radical (unpaired) electrons. The van der Waals surface area contributed by atoms with Crippen LogP contribution in [0, 0.1) is 11.6 Å². The second-order valence-electron chi connectivity index (χ2n) is 8.50. The first-order valence-corrected chi connectivity index (χ1v) is 11.7. The highest BCUT2D eigenvalue weighted by Gasteiger charge is 2.34. The molecule has 3 aromatic carbocycles. The number of fused-ring (bicyclic) bond motifs is 1. The number of anilines is 3. The topological polar surface area (TPSA) is 88.6 Å². The van der Waals surface area contributed by atoms with Crippen LogP contribution in [-0.4, -0.2) is 42.3 Å². The lowest BCUT2D eigenvalue weighted by Gasteiger charge is -2.27. The summed E-state index contributed by atoms with van der Waals surface area (Å²) in [6.45, 7) is 2.53. The number of ether oxygens (including phenoxy) is 2. The van der Waals surface area contributed by atoms with Gasteiger partial charge >= 0.3 is 12.2 Å². The molecule has 0 saturated carbocycles. The normalized spacial score (nSPS) is 13.8. The van der Waals surface area contributed by atoms with Gasteiger partial charge in [0.05, 0.1) is 36.0 Å². The maximum Gasteiger partial charge on any atom is 0.419 e. The van der Waals surface area contributed by atoms with Crippen LogP contribution in [0.5, 0.6) is 11.5 Å². The second-order valence-corrected chi connectivity index (χ2v) is 8.50. The highest BCUT2D eigenvalue weighted by atomic mass is 19.4. The summed E-state index contributed by atoms with van der Waals surface area (Å²) in [5.74, 6) is -1.46. The maximum absolute atomic E-state index is 14.5. The van der Waals surface area contributed by atoms with Gasteiger partial charge in [0, 0.05) is 36.6 Å². The van der Waals surface area contributed by atoms with Crippen LogP contribution in [0.15, 0.2) is 60.8 Å². The van der Waals surface area contributed by atoms with E-state index >= 15 is 0 Å². The van der Waals surface area contributed by atoms with Gasteiger partial charge in [0.2, 0.25) is 0 Å². The van der Waals surface area contributed by atoms with E-state index in [0.717, 1.165) is 12.1 Å². The third-order valence-corrected chi connectivity index (χ3v) is 5.78. The molecule has 1 saturated heterocycles. The van der Waals surface area contributed by atoms with Crippen molar-refractivity contribution in [1.82, 2.24) is 9.97 Å². The largest absolute Gasteiger partial charge is 0.454 e. The molecule has 13 heteroatoms. The van der Waals surface area contributed by atoms with Gasteiger partial charge in [0.15, 0.2) is 11.6 Å². The number of urea groups is 1. The molecule has 0 unspecified atom stereocenters. The Bertz CT molecular complexity index is 1530. The van der Waals surface area contributed by atoms with Gasteiger partial charge in [-0.2, -0.15) is 13.2 Å². The molecule has 4 aromatic rings. The SMILES string of the molecule is O=C(Nc1ccc(F)c(Oc2ccc3ncc(N4CCOCC4)nc3c2)c1)Nc1ccc(F)c(C(F)(F)F)c1. The average Bonchev–Trinajstić information content (AvgIpc) is 2.91. The second kappa shape index (κ2) is 10.7. The zero-order chi connectivity index (χ0) is 27.6. The molecule has 2 heterocycles. The quantitative estimate of drug-likeness (QED) is 0.291. The van der Waals surface area contributed by atoms with Crippen molar-refractivity contribution >= 4 is 34.3 Å². The molecular weight excluding hydrogens is 525 g/mol. The summed E-state index contributed by atoms with van der Waals surface area (Å²) in [7, 11) is 0. The molecule has 0 bridgehead atoms. The van der Waals surface area contributed by atoms with Crippen molar-refractivity contribution in [2.45, 2.75) is 6.18 Å². The predicted molar refractivity (Wildman–Crippen MR) is 133 cm³/mol. The van der Waals surface area contributed by atoms with E-state index in [2.05, 4.69) is 20.6 Å². The Morgan fingerprint density at radius 3 is 2.31 bits per heavy atom. The Morgan fingerprint density at radius 1 is 0.897 bits per heavy atom. The number of rotatable bonds is 5. The van der Waals surface area contributed by atoms with Crippen LogP contribution in [0.2, 0.25) is 0 Å². The highest BCUT2D eigenvalue weighted by Crippen LogP contribution is 2.33. The Labute approximate surface area is 218 Å². The molecule has 2 N–H and O–H groups in total. The number of alkyl halides is 3. The van der Waals surface area contributed by atoms with Gasteiger partial charge in [0.1, 0.15) is 17.4 Å². The van der Waals surface area contributed by atoms with Gasteiger partial charge in [-0.15, -0.1) is 0 Å². The van der Waals surface area contributed by atoms with Crippen molar-refractivity contribution in [3.05, 3.63) is 78.0 Å². The van der Waals surface area contributed by atoms with E-state index in [-0.39, 0.29) is 22.9 Å². The minimum Gasteiger partial charge on any atom is -0.454 e. The third-order valence-electron chi connectivity index (χ3n) is 5.78. The standard InChI is InChI=1S/C26H20F5N5O3/c27-19-4-1-15(11-18(19)26(29,30)31)33-25(37)34-16-2-5-20(28)23(12-16)39-17-3-6-21-22(13-17)35-24(14-32-21)36-7-9-38-10-8-36/h1-6,11-14H,7-10H2,(H2,33,34,37). The summed E-state index contributed by atoms with van der Waals surface area (Å²) in [5.41, 5.74) is -0.565. The fourth-order valence-corrected chi connectivity index (χ4v) is 3.89. The molecule has 0 spiro atoms. The van der Waals surface area contributed by atoms with Crippen molar-refractivity contribution in [2.24, 2.45) is 0 Å². The van der Waals surface area contributed by atoms with E-state index in [0.29, 0.717) is 55.3 Å². The monoisotopic (exact) mass is 545 g/mol. The van der Waals surface area contributed by atoms with Gasteiger partial charge in [-0.1, -0.05) is 0 Å². The van der Waals surface area contributed by atoms with Gasteiger partial charge in [-0.05, 0) is 42.5 Å². The summed E-state index contributed by atoms with van der Waals surface area (Å²) >= 11 is 0. The van der Waals surface area contributed by atoms with Crippen molar-refractivity contribution in [3.63, 3.8) is 0 Å². The van der Waals surface area contributed by atoms with Gasteiger partial charge in [0.25, 0.3) is 0 Å². The fraction of sp³-hybridized carbons (Fsp3) is 0.192. The lowest BCUT2D eigenvalue weighted by Crippen LogP contribution is -2.36. The van der Waals surface area contributed by atoms with Crippen molar-refractivity contribution in [1.29, 1.82) is 0 Å². The summed E-state index contributed by atoms with van der Waals surface area (Å²) in [4.78, 5) is 23.4. The summed E-state index contributed by atoms with van der Waals surface area (Å²) in [5, 5.41) is 4.57. The summed E-state index contributed by atoms with van der Waals surface area (Å²) < 4.78 is 77.9. The predicted octanol–water partition coefficient (Wildman–Crippen LogP) is 6.20. The van der Waals surface area contributed by atoms with Gasteiger partial charge < -0.3 is 25.0 Å². The maximum atomic E-state index is 14.5. The molecule has 8 nitrogen and oxygen atoms in total. The number of benzene rings is 3. The zero-order valence-corrected chi connectivity index (χ0v) is 20.1. The van der Waals surface area contributed by atoms with Crippen LogP contribution in [0.1, 0.15) is 5.56 Å². The molecule has 0 atom stereocenters. The Balaban J connectivity index is 1.30. The first kappa shape index (κ1) is 26.1. The molecule has 39 heavy (non-hydrogen) atoms. The van der Waals surface area contributed by atoms with Gasteiger partial charge in [-0.25, -0.2) is 18.6 Å². The van der Waals surface area contributed by atoms with E-state index in [1.807, 2.05) is 4.90 Å². The number of carbonyl (C=O) groups is 1. The number of amides is 2. The number of nitrogens with one attached hydrogen (secondary N) is 2. The van der Waals surface area contributed by atoms with Crippen LogP contribution in [0.25, 0.3) is 11.0 Å². The molecule has 2 amide bonds. The number of halogens is 5. The molecule has 5 rings (SSSR count). The smallest absolute Gasteiger partial charge is 0.419 e. The minimum atomic E-state index is -4.93. The van der Waals surface area contributed by atoms with E-state index in [9.17, 15) is 26.7 Å². The van der Waals surface area contributed by atoms with Crippen LogP contribution in [0.3, 0.4) is 0 Å². The number of hydrogen-bond acceptors (Lipinski definition) is 6. The van der Waals surface area contributed by atoms with Gasteiger partial charge in [-0.3, -0.25) is 4.98 Å². The van der Waals surface area contributed by atoms with Crippen molar-refractivity contribution < 1.29 is 36.2 Å². The van der Waals surface area contributed by atoms with Crippen LogP contribution >= 0.6 is 0 Å². The Morgan fingerprint density at radius 2 is 1.59 bits per heavy atom. The molecule has 202 valence electrons. The molecule has 1 aromatic heterocycles. The van der Waals surface area contributed by atoms with E-state index in [4.69, 9.17) is 9.47 Å². The van der Waals surface area contributed by atoms with E-state index in [1.54, 1.807) is 24.4 Å². The fourth-order valence-electron chi connectivity index (χ4n) is 3.89. The summed E-state index contributed by atoms with van der Waals surface area (Å²) in [6.07, 6.45) is -3.26. The van der Waals surface area contributed by atoms with Crippen molar-refractivity contribution in [2.75, 3.05) is 41.8 Å². The van der Waals surface area contributed by atoms with Crippen LogP contribution in [-0.2, 0) is 10.9 Å². The zero-order valence-electron chi connectivity index (χ0n) is 20.1. The number of nitrogens with zero attached hydrogens (tertiary/aromatic N) is 3. The first-order chi connectivity index (χ1) is 18.7. The third kappa shape index (κ3) is 6.14. The van der Waals surface area contributed by atoms with E-state index < -0.39 is 29.4 Å². The highest BCUT2D eigenvalue weighted by molar-refractivity contribution is 5.99. The Kier molecular flexibility index (Phi) is 7.15. The van der Waals surface area contributed by atoms with E-state index in [1.165, 1.54) is 12.1 Å². The first-order valence-electron chi connectivity index (χ1n) is 11.7. The van der Waals surface area contributed by atoms with Crippen LogP contribution < -0.4 is 20.3 Å². The van der Waals surface area contributed by atoms with Crippen LogP contribution in [0.4, 0.5) is 43.9 Å². The minimum absolute atomic E-state index is 0.0947. The molecule has 1 aliphatic heterocycles. The Hall–Kier alpha value is -4.52. The summed E-state index contributed by atoms with van der Waals surface area (Å²) in [6, 6.07) is 9.50. The van der Waals surface area contributed by atoms with Crippen molar-refractivity contribution in [3.8, 4) is 11.5 Å². The molecule has 1 fully saturated rings. The number of carbonyl (C=O) groups excluding carboxylic acids is 1. The number of hydrogen-bond donors (Lipinski definition) is 2. The average molecular weight is 545 g/mol. The molecule has 1 aliphatic rings. The molecule has 0 aliphatic carbocycles. The lowest BCUT2D eigenvalue weighted by atomic mass is 10.2. The lowest BCUT2D eigenvalue weighted by molar-refractivity contribution is -0.139. The number of aromatic nitrogens is 2.